The minimum absolute atomic E-state index is 0.145. The van der Waals surface area contributed by atoms with E-state index in [1.165, 1.54) is 11.8 Å². The van der Waals surface area contributed by atoms with Crippen molar-refractivity contribution in [3.63, 3.8) is 0 Å². The predicted octanol–water partition coefficient (Wildman–Crippen LogP) is 4.53. The number of hydrogen-bond acceptors (Lipinski definition) is 5. The number of anilines is 2. The number of aryl methyl sites for hydroxylation is 1. The fraction of sp³-hybridized carbons (Fsp3) is 0.200. The topological polar surface area (TPSA) is 93.6 Å². The van der Waals surface area contributed by atoms with E-state index in [9.17, 15) is 0 Å². The molecule has 0 aliphatic rings. The summed E-state index contributed by atoms with van der Waals surface area (Å²) < 4.78 is 0. The molecule has 0 atom stereocenters. The van der Waals surface area contributed by atoms with Crippen LogP contribution in [0.15, 0.2) is 28.1 Å². The second-order valence-electron chi connectivity index (χ2n) is 5.03. The summed E-state index contributed by atoms with van der Waals surface area (Å²) in [6.45, 7) is 2.10. The van der Waals surface area contributed by atoms with Gasteiger partial charge >= 0.3 is 0 Å². The van der Waals surface area contributed by atoms with Gasteiger partial charge in [-0.3, -0.25) is 0 Å². The average Bonchev–Trinajstić information content (AvgIpc) is 2.81. The van der Waals surface area contributed by atoms with Gasteiger partial charge in [-0.2, -0.15) is 9.97 Å². The minimum Gasteiger partial charge on any atom is -0.383 e. The zero-order chi connectivity index (χ0) is 16.6. The molecule has 23 heavy (non-hydrogen) atoms. The summed E-state index contributed by atoms with van der Waals surface area (Å²) in [5.74, 6) is 0.524. The van der Waals surface area contributed by atoms with Crippen molar-refractivity contribution in [1.82, 2.24) is 15.0 Å². The molecule has 1 aromatic carbocycles. The predicted molar refractivity (Wildman–Crippen MR) is 97.3 cm³/mol. The van der Waals surface area contributed by atoms with Gasteiger partial charge < -0.3 is 16.5 Å². The Hall–Kier alpha value is -1.63. The molecule has 120 valence electrons. The number of hydrogen-bond donors (Lipinski definition) is 3. The quantitative estimate of drug-likeness (QED) is 0.629. The number of nitrogens with zero attached hydrogens (tertiary/aromatic N) is 2. The Kier molecular flexibility index (Phi) is 4.57. The Morgan fingerprint density at radius 1 is 1.17 bits per heavy atom. The van der Waals surface area contributed by atoms with Crippen LogP contribution in [0.3, 0.4) is 0 Å². The minimum atomic E-state index is 0.145. The van der Waals surface area contributed by atoms with Gasteiger partial charge in [-0.05, 0) is 24.1 Å². The van der Waals surface area contributed by atoms with Gasteiger partial charge in [0.05, 0.1) is 25.4 Å². The van der Waals surface area contributed by atoms with Crippen molar-refractivity contribution in [3.8, 4) is 0 Å². The monoisotopic (exact) mass is 367 g/mol. The van der Waals surface area contributed by atoms with E-state index in [2.05, 4.69) is 21.9 Å². The number of fused-ring (bicyclic) bond motifs is 1. The van der Waals surface area contributed by atoms with Crippen LogP contribution in [-0.2, 0) is 6.42 Å². The highest BCUT2D eigenvalue weighted by Gasteiger charge is 2.18. The third-order valence-electron chi connectivity index (χ3n) is 3.39. The summed E-state index contributed by atoms with van der Waals surface area (Å²) in [6, 6.07) is 5.44. The zero-order valence-electron chi connectivity index (χ0n) is 12.4. The molecule has 2 aromatic heterocycles. The Morgan fingerprint density at radius 2 is 1.87 bits per heavy atom. The number of aromatic amines is 1. The summed E-state index contributed by atoms with van der Waals surface area (Å²) in [7, 11) is 0. The van der Waals surface area contributed by atoms with Gasteiger partial charge in [0.2, 0.25) is 5.95 Å². The van der Waals surface area contributed by atoms with Crippen molar-refractivity contribution < 1.29 is 0 Å². The van der Waals surface area contributed by atoms with E-state index in [1.54, 1.807) is 0 Å². The van der Waals surface area contributed by atoms with Crippen molar-refractivity contribution in [2.45, 2.75) is 29.7 Å². The molecule has 0 radical (unpaired) electrons. The number of nitrogens with one attached hydrogen (secondary N) is 1. The molecule has 3 aromatic rings. The van der Waals surface area contributed by atoms with Gasteiger partial charge in [0.25, 0.3) is 0 Å². The van der Waals surface area contributed by atoms with Crippen LogP contribution in [0.4, 0.5) is 11.8 Å². The number of H-pyrrole nitrogens is 1. The summed E-state index contributed by atoms with van der Waals surface area (Å²) in [6.07, 6.45) is 1.79. The first-order chi connectivity index (χ1) is 11.0. The molecule has 0 aliphatic heterocycles. The maximum atomic E-state index is 6.27. The second kappa shape index (κ2) is 6.47. The lowest BCUT2D eigenvalue weighted by atomic mass is 10.1. The van der Waals surface area contributed by atoms with Gasteiger partial charge in [0, 0.05) is 0 Å². The zero-order valence-corrected chi connectivity index (χ0v) is 14.7. The molecule has 2 heterocycles. The second-order valence-corrected chi connectivity index (χ2v) is 6.86. The SMILES string of the molecule is CCCc1c(Sc2c(Cl)cccc2Cl)[nH]c2nc(N)nc(N)c12. The first kappa shape index (κ1) is 16.2. The molecule has 0 saturated heterocycles. The third kappa shape index (κ3) is 3.06. The molecule has 0 bridgehead atoms. The molecule has 0 unspecified atom stereocenters. The van der Waals surface area contributed by atoms with Gasteiger partial charge in [0.15, 0.2) is 0 Å². The Morgan fingerprint density at radius 3 is 2.52 bits per heavy atom. The van der Waals surface area contributed by atoms with Gasteiger partial charge in [0.1, 0.15) is 11.5 Å². The van der Waals surface area contributed by atoms with Crippen molar-refractivity contribution in [1.29, 1.82) is 0 Å². The summed E-state index contributed by atoms with van der Waals surface area (Å²) in [5.41, 5.74) is 13.4. The van der Waals surface area contributed by atoms with Crippen molar-refractivity contribution >= 4 is 57.8 Å². The van der Waals surface area contributed by atoms with E-state index in [4.69, 9.17) is 34.7 Å². The number of nitrogen functional groups attached to an aromatic ring is 2. The highest BCUT2D eigenvalue weighted by atomic mass is 35.5. The normalized spacial score (nSPS) is 11.3. The third-order valence-corrected chi connectivity index (χ3v) is 5.44. The Balaban J connectivity index is 2.17. The molecule has 0 spiro atoms. The fourth-order valence-electron chi connectivity index (χ4n) is 2.44. The molecule has 0 amide bonds. The molecule has 0 saturated carbocycles. The lowest BCUT2D eigenvalue weighted by Gasteiger charge is -2.07. The lowest BCUT2D eigenvalue weighted by Crippen LogP contribution is -2.00. The largest absolute Gasteiger partial charge is 0.383 e. The molecule has 0 aliphatic carbocycles. The summed E-state index contributed by atoms with van der Waals surface area (Å²) in [5, 5.41) is 2.92. The molecule has 0 fully saturated rings. The van der Waals surface area contributed by atoms with Crippen LogP contribution in [0.25, 0.3) is 11.0 Å². The molecule has 5 N–H and O–H groups in total. The maximum Gasteiger partial charge on any atom is 0.223 e. The smallest absolute Gasteiger partial charge is 0.223 e. The molecular weight excluding hydrogens is 353 g/mol. The van der Waals surface area contributed by atoms with E-state index in [0.29, 0.717) is 21.5 Å². The van der Waals surface area contributed by atoms with Crippen LogP contribution < -0.4 is 11.5 Å². The number of nitrogens with two attached hydrogens (primary N) is 2. The van der Waals surface area contributed by atoms with E-state index in [1.807, 2.05) is 18.2 Å². The van der Waals surface area contributed by atoms with E-state index in [-0.39, 0.29) is 5.95 Å². The van der Waals surface area contributed by atoms with E-state index in [0.717, 1.165) is 33.7 Å². The number of benzene rings is 1. The van der Waals surface area contributed by atoms with Crippen LogP contribution in [0.5, 0.6) is 0 Å². The number of rotatable bonds is 4. The number of halogens is 2. The van der Waals surface area contributed by atoms with Crippen LogP contribution in [0.1, 0.15) is 18.9 Å². The lowest BCUT2D eigenvalue weighted by molar-refractivity contribution is 0.901. The first-order valence-electron chi connectivity index (χ1n) is 7.06. The van der Waals surface area contributed by atoms with Crippen molar-refractivity contribution in [2.75, 3.05) is 11.5 Å². The van der Waals surface area contributed by atoms with E-state index < -0.39 is 0 Å². The van der Waals surface area contributed by atoms with Gasteiger partial charge in [-0.15, -0.1) is 0 Å². The van der Waals surface area contributed by atoms with Crippen LogP contribution in [0.2, 0.25) is 10.0 Å². The van der Waals surface area contributed by atoms with Crippen molar-refractivity contribution in [3.05, 3.63) is 33.8 Å². The molecule has 5 nitrogen and oxygen atoms in total. The van der Waals surface area contributed by atoms with E-state index >= 15 is 0 Å². The van der Waals surface area contributed by atoms with Crippen molar-refractivity contribution in [2.24, 2.45) is 0 Å². The van der Waals surface area contributed by atoms with Crippen LogP contribution >= 0.6 is 35.0 Å². The van der Waals surface area contributed by atoms with Crippen LogP contribution in [-0.4, -0.2) is 15.0 Å². The summed E-state index contributed by atoms with van der Waals surface area (Å²) in [4.78, 5) is 12.4. The van der Waals surface area contributed by atoms with Gasteiger partial charge in [-0.25, -0.2) is 0 Å². The number of aromatic nitrogens is 3. The molecular formula is C15H15Cl2N5S. The first-order valence-corrected chi connectivity index (χ1v) is 8.64. The standard InChI is InChI=1S/C15H15Cl2N5S/c1-2-4-7-10-12(18)20-15(19)22-13(10)21-14(7)23-11-8(16)5-3-6-9(11)17/h3,5-6H,2,4H2,1H3,(H5,18,19,20,21,22). The Bertz CT molecular complexity index is 858. The highest BCUT2D eigenvalue weighted by Crippen LogP contribution is 2.42. The molecule has 8 heteroatoms. The highest BCUT2D eigenvalue weighted by molar-refractivity contribution is 7.99. The fourth-order valence-corrected chi connectivity index (χ4v) is 4.08. The molecule has 3 rings (SSSR count). The average molecular weight is 368 g/mol. The van der Waals surface area contributed by atoms with Crippen LogP contribution in [0, 0.1) is 0 Å². The maximum absolute atomic E-state index is 6.27. The summed E-state index contributed by atoms with van der Waals surface area (Å²) >= 11 is 14.0. The van der Waals surface area contributed by atoms with Gasteiger partial charge in [-0.1, -0.05) is 54.4 Å². The Labute approximate surface area is 147 Å².